The van der Waals surface area contributed by atoms with Crippen LogP contribution in [0.15, 0.2) is 18.3 Å². The lowest BCUT2D eigenvalue weighted by Crippen LogP contribution is -2.30. The molecule has 0 aliphatic rings. The lowest BCUT2D eigenvalue weighted by atomic mass is 10.2. The van der Waals surface area contributed by atoms with Crippen molar-refractivity contribution in [2.75, 3.05) is 11.9 Å². The molecule has 0 saturated carbocycles. The maximum absolute atomic E-state index is 12.0. The van der Waals surface area contributed by atoms with Crippen molar-refractivity contribution >= 4 is 11.7 Å². The van der Waals surface area contributed by atoms with E-state index in [-0.39, 0.29) is 18.0 Å². The van der Waals surface area contributed by atoms with Crippen molar-refractivity contribution in [1.29, 1.82) is 0 Å². The molecule has 0 aliphatic heterocycles. The number of nitrogens with one attached hydrogen (secondary N) is 2. The number of rotatable bonds is 6. The van der Waals surface area contributed by atoms with Gasteiger partial charge in [0.25, 0.3) is 5.91 Å². The van der Waals surface area contributed by atoms with Crippen LogP contribution in [0.5, 0.6) is 0 Å². The van der Waals surface area contributed by atoms with Gasteiger partial charge >= 0.3 is 0 Å². The highest BCUT2D eigenvalue weighted by molar-refractivity contribution is 5.98. The van der Waals surface area contributed by atoms with Crippen LogP contribution in [0.1, 0.15) is 37.6 Å². The van der Waals surface area contributed by atoms with E-state index in [1.807, 2.05) is 20.8 Å². The van der Waals surface area contributed by atoms with E-state index in [0.717, 1.165) is 6.42 Å². The second kappa shape index (κ2) is 6.96. The van der Waals surface area contributed by atoms with Crippen molar-refractivity contribution in [3.05, 3.63) is 23.9 Å². The summed E-state index contributed by atoms with van der Waals surface area (Å²) < 4.78 is 0. The number of amides is 1. The Morgan fingerprint density at radius 1 is 1.44 bits per heavy atom. The van der Waals surface area contributed by atoms with Crippen LogP contribution in [0.4, 0.5) is 5.82 Å². The van der Waals surface area contributed by atoms with E-state index in [2.05, 4.69) is 15.6 Å². The van der Waals surface area contributed by atoms with E-state index in [9.17, 15) is 4.79 Å². The Morgan fingerprint density at radius 2 is 2.17 bits per heavy atom. The van der Waals surface area contributed by atoms with E-state index in [1.165, 1.54) is 0 Å². The van der Waals surface area contributed by atoms with Crippen LogP contribution in [-0.4, -0.2) is 29.5 Å². The van der Waals surface area contributed by atoms with Crippen LogP contribution in [-0.2, 0) is 0 Å². The molecule has 0 saturated heterocycles. The number of nitrogens with zero attached hydrogens (tertiary/aromatic N) is 1. The van der Waals surface area contributed by atoms with Gasteiger partial charge in [-0.25, -0.2) is 4.98 Å². The zero-order valence-electron chi connectivity index (χ0n) is 11.2. The molecule has 100 valence electrons. The van der Waals surface area contributed by atoms with Gasteiger partial charge in [-0.1, -0.05) is 0 Å². The summed E-state index contributed by atoms with van der Waals surface area (Å²) in [5.74, 6) is 0.498. The second-order valence-electron chi connectivity index (χ2n) is 4.72. The van der Waals surface area contributed by atoms with Gasteiger partial charge in [-0.3, -0.25) is 4.79 Å². The Bertz CT molecular complexity index is 390. The Labute approximate surface area is 108 Å². The molecule has 1 aromatic rings. The fourth-order valence-electron chi connectivity index (χ4n) is 1.49. The predicted molar refractivity (Wildman–Crippen MR) is 73.6 cm³/mol. The number of carbonyl (C=O) groups excluding carboxylic acids is 1. The first-order chi connectivity index (χ1) is 8.50. The lowest BCUT2D eigenvalue weighted by molar-refractivity contribution is 0.0953. The number of hydrogen-bond donors (Lipinski definition) is 3. The molecule has 0 bridgehead atoms. The molecule has 1 rings (SSSR count). The number of pyridine rings is 1. The van der Waals surface area contributed by atoms with Gasteiger partial charge in [0.1, 0.15) is 5.82 Å². The maximum atomic E-state index is 12.0. The predicted octanol–water partition coefficient (Wildman–Crippen LogP) is 1.37. The first-order valence-corrected chi connectivity index (χ1v) is 6.26. The molecule has 18 heavy (non-hydrogen) atoms. The summed E-state index contributed by atoms with van der Waals surface area (Å²) in [6.45, 7) is 6.51. The highest BCUT2D eigenvalue weighted by Gasteiger charge is 2.12. The van der Waals surface area contributed by atoms with Crippen LogP contribution in [0.25, 0.3) is 0 Å². The van der Waals surface area contributed by atoms with Gasteiger partial charge < -0.3 is 16.4 Å². The van der Waals surface area contributed by atoms with E-state index in [0.29, 0.717) is 17.9 Å². The number of aromatic nitrogens is 1. The summed E-state index contributed by atoms with van der Waals surface area (Å²) in [5, 5.41) is 6.00. The summed E-state index contributed by atoms with van der Waals surface area (Å²) in [7, 11) is 0. The molecule has 1 heterocycles. The van der Waals surface area contributed by atoms with Crippen LogP contribution < -0.4 is 16.4 Å². The molecular formula is C13H22N4O. The molecule has 0 fully saturated rings. The summed E-state index contributed by atoms with van der Waals surface area (Å²) in [5.41, 5.74) is 6.20. The normalized spacial score (nSPS) is 12.3. The van der Waals surface area contributed by atoms with Gasteiger partial charge in [0, 0.05) is 24.8 Å². The van der Waals surface area contributed by atoms with Crippen LogP contribution in [0, 0.1) is 0 Å². The standard InChI is InChI=1S/C13H22N4O/c1-9(2)17-12-11(5-4-7-15-12)13(18)16-8-6-10(3)14/h4-5,7,9-10H,6,8,14H2,1-3H3,(H,15,17)(H,16,18). The van der Waals surface area contributed by atoms with E-state index < -0.39 is 0 Å². The summed E-state index contributed by atoms with van der Waals surface area (Å²) in [4.78, 5) is 16.2. The van der Waals surface area contributed by atoms with E-state index in [1.54, 1.807) is 18.3 Å². The zero-order chi connectivity index (χ0) is 13.5. The molecule has 4 N–H and O–H groups in total. The first-order valence-electron chi connectivity index (χ1n) is 6.26. The second-order valence-corrected chi connectivity index (χ2v) is 4.72. The minimum Gasteiger partial charge on any atom is -0.367 e. The van der Waals surface area contributed by atoms with Crippen molar-refractivity contribution in [1.82, 2.24) is 10.3 Å². The molecule has 1 atom stereocenters. The van der Waals surface area contributed by atoms with Crippen molar-refractivity contribution in [2.24, 2.45) is 5.73 Å². The van der Waals surface area contributed by atoms with E-state index in [4.69, 9.17) is 5.73 Å². The zero-order valence-corrected chi connectivity index (χ0v) is 11.2. The smallest absolute Gasteiger partial charge is 0.255 e. The van der Waals surface area contributed by atoms with Crippen molar-refractivity contribution in [3.63, 3.8) is 0 Å². The number of anilines is 1. The molecule has 5 nitrogen and oxygen atoms in total. The van der Waals surface area contributed by atoms with Gasteiger partial charge in [0.2, 0.25) is 0 Å². The van der Waals surface area contributed by atoms with Crippen LogP contribution in [0.2, 0.25) is 0 Å². The average Bonchev–Trinajstić information content (AvgIpc) is 2.28. The summed E-state index contributed by atoms with van der Waals surface area (Å²) >= 11 is 0. The van der Waals surface area contributed by atoms with Gasteiger partial charge in [-0.2, -0.15) is 0 Å². The molecule has 0 aromatic carbocycles. The minimum atomic E-state index is -0.119. The van der Waals surface area contributed by atoms with Crippen molar-refractivity contribution < 1.29 is 4.79 Å². The highest BCUT2D eigenvalue weighted by Crippen LogP contribution is 2.12. The monoisotopic (exact) mass is 250 g/mol. The summed E-state index contributed by atoms with van der Waals surface area (Å²) in [6, 6.07) is 3.84. The topological polar surface area (TPSA) is 80.0 Å². The fraction of sp³-hybridized carbons (Fsp3) is 0.538. The molecule has 1 amide bonds. The molecule has 1 unspecified atom stereocenters. The SMILES string of the molecule is CC(N)CCNC(=O)c1cccnc1NC(C)C. The number of nitrogens with two attached hydrogens (primary N) is 1. The van der Waals surface area contributed by atoms with Crippen LogP contribution in [0.3, 0.4) is 0 Å². The molecule has 0 radical (unpaired) electrons. The van der Waals surface area contributed by atoms with Gasteiger partial charge in [0.15, 0.2) is 0 Å². The molecular weight excluding hydrogens is 228 g/mol. The third kappa shape index (κ3) is 4.71. The Hall–Kier alpha value is -1.62. The molecule has 0 spiro atoms. The molecule has 1 aromatic heterocycles. The number of carbonyl (C=O) groups is 1. The molecule has 5 heteroatoms. The van der Waals surface area contributed by atoms with Gasteiger partial charge in [0.05, 0.1) is 5.56 Å². The first kappa shape index (κ1) is 14.4. The van der Waals surface area contributed by atoms with Gasteiger partial charge in [-0.05, 0) is 39.3 Å². The van der Waals surface area contributed by atoms with Gasteiger partial charge in [-0.15, -0.1) is 0 Å². The van der Waals surface area contributed by atoms with Crippen molar-refractivity contribution in [2.45, 2.75) is 39.3 Å². The average molecular weight is 250 g/mol. The Balaban J connectivity index is 2.66. The van der Waals surface area contributed by atoms with Crippen LogP contribution >= 0.6 is 0 Å². The lowest BCUT2D eigenvalue weighted by Gasteiger charge is -2.13. The summed E-state index contributed by atoms with van der Waals surface area (Å²) in [6.07, 6.45) is 2.43. The molecule has 0 aliphatic carbocycles. The third-order valence-corrected chi connectivity index (χ3v) is 2.36. The minimum absolute atomic E-state index is 0.0902. The number of hydrogen-bond acceptors (Lipinski definition) is 4. The largest absolute Gasteiger partial charge is 0.367 e. The Morgan fingerprint density at radius 3 is 2.78 bits per heavy atom. The van der Waals surface area contributed by atoms with Crippen molar-refractivity contribution in [3.8, 4) is 0 Å². The van der Waals surface area contributed by atoms with E-state index >= 15 is 0 Å². The fourth-order valence-corrected chi connectivity index (χ4v) is 1.49. The Kier molecular flexibility index (Phi) is 5.58. The third-order valence-electron chi connectivity index (χ3n) is 2.36. The quantitative estimate of drug-likeness (QED) is 0.712. The maximum Gasteiger partial charge on any atom is 0.255 e. The highest BCUT2D eigenvalue weighted by atomic mass is 16.1.